The molecular weight excluding hydrogens is 144 g/mol. The van der Waals surface area contributed by atoms with E-state index in [4.69, 9.17) is 9.47 Å². The lowest BCUT2D eigenvalue weighted by Crippen LogP contribution is -2.40. The summed E-state index contributed by atoms with van der Waals surface area (Å²) in [7, 11) is 0. The fourth-order valence-corrected chi connectivity index (χ4v) is 2.54. The van der Waals surface area contributed by atoms with Crippen LogP contribution in [0.3, 0.4) is 0 Å². The summed E-state index contributed by atoms with van der Waals surface area (Å²) in [6.07, 6.45) is 3.33. The Morgan fingerprint density at radius 2 is 2.27 bits per heavy atom. The molecule has 3 rings (SSSR count). The summed E-state index contributed by atoms with van der Waals surface area (Å²) < 4.78 is 10.8. The van der Waals surface area contributed by atoms with Gasteiger partial charge in [0.2, 0.25) is 0 Å². The zero-order chi connectivity index (χ0) is 7.42. The van der Waals surface area contributed by atoms with Crippen molar-refractivity contribution in [1.29, 1.82) is 0 Å². The monoisotopic (exact) mass is 154 g/mol. The molecule has 2 bridgehead atoms. The molecule has 60 valence electrons. The highest BCUT2D eigenvalue weighted by atomic mass is 16.6. The molecule has 0 spiro atoms. The van der Waals surface area contributed by atoms with E-state index >= 15 is 0 Å². The normalized spacial score (nSPS) is 52.9. The SMILES string of the molecule is O=C1C[C@@H]2C[C@@H]3C[C@H](O1)[C@H]2O3. The fraction of sp³-hybridized carbons (Fsp3) is 0.875. The third kappa shape index (κ3) is 0.692. The van der Waals surface area contributed by atoms with Crippen LogP contribution in [0.15, 0.2) is 0 Å². The Labute approximate surface area is 64.7 Å². The maximum absolute atomic E-state index is 11.0. The van der Waals surface area contributed by atoms with Crippen molar-refractivity contribution in [2.75, 3.05) is 0 Å². The van der Waals surface area contributed by atoms with Crippen LogP contribution in [-0.2, 0) is 14.3 Å². The zero-order valence-corrected chi connectivity index (χ0v) is 6.16. The Bertz CT molecular complexity index is 195. The van der Waals surface area contributed by atoms with Gasteiger partial charge in [0.25, 0.3) is 0 Å². The molecule has 0 unspecified atom stereocenters. The van der Waals surface area contributed by atoms with Gasteiger partial charge in [-0.1, -0.05) is 0 Å². The second-order valence-electron chi connectivity index (χ2n) is 3.69. The molecule has 3 nitrogen and oxygen atoms in total. The summed E-state index contributed by atoms with van der Waals surface area (Å²) in [6.45, 7) is 0. The van der Waals surface area contributed by atoms with Gasteiger partial charge >= 0.3 is 5.97 Å². The van der Waals surface area contributed by atoms with Crippen LogP contribution in [0.1, 0.15) is 19.3 Å². The third-order valence-electron chi connectivity index (χ3n) is 2.95. The number of esters is 1. The van der Waals surface area contributed by atoms with Crippen LogP contribution in [0.25, 0.3) is 0 Å². The minimum atomic E-state index is -0.0276. The number of hydrogen-bond acceptors (Lipinski definition) is 3. The van der Waals surface area contributed by atoms with E-state index in [-0.39, 0.29) is 18.2 Å². The first-order chi connectivity index (χ1) is 5.33. The molecule has 0 aliphatic carbocycles. The first-order valence-corrected chi connectivity index (χ1v) is 4.18. The summed E-state index contributed by atoms with van der Waals surface area (Å²) in [5.74, 6) is 0.445. The van der Waals surface area contributed by atoms with Crippen LogP contribution < -0.4 is 0 Å². The van der Waals surface area contributed by atoms with Gasteiger partial charge in [0.1, 0.15) is 6.10 Å². The number of rotatable bonds is 0. The van der Waals surface area contributed by atoms with Gasteiger partial charge in [0.05, 0.1) is 18.6 Å². The van der Waals surface area contributed by atoms with Crippen molar-refractivity contribution >= 4 is 5.97 Å². The van der Waals surface area contributed by atoms with Crippen LogP contribution in [0.5, 0.6) is 0 Å². The molecule has 3 heteroatoms. The lowest BCUT2D eigenvalue weighted by atomic mass is 9.83. The molecule has 0 saturated carbocycles. The molecule has 0 radical (unpaired) electrons. The number of fused-ring (bicyclic) bond motifs is 1. The Kier molecular flexibility index (Phi) is 0.969. The average molecular weight is 154 g/mol. The Morgan fingerprint density at radius 1 is 1.36 bits per heavy atom. The number of carbonyl (C=O) groups excluding carboxylic acids is 1. The van der Waals surface area contributed by atoms with Crippen molar-refractivity contribution < 1.29 is 14.3 Å². The van der Waals surface area contributed by atoms with E-state index in [2.05, 4.69) is 0 Å². The van der Waals surface area contributed by atoms with Crippen molar-refractivity contribution in [3.05, 3.63) is 0 Å². The van der Waals surface area contributed by atoms with Crippen molar-refractivity contribution in [3.8, 4) is 0 Å². The van der Waals surface area contributed by atoms with E-state index in [0.717, 1.165) is 12.8 Å². The van der Waals surface area contributed by atoms with Gasteiger partial charge < -0.3 is 9.47 Å². The summed E-state index contributed by atoms with van der Waals surface area (Å²) in [5.41, 5.74) is 0. The second-order valence-corrected chi connectivity index (χ2v) is 3.69. The maximum Gasteiger partial charge on any atom is 0.306 e. The highest BCUT2D eigenvalue weighted by molar-refractivity contribution is 5.71. The van der Waals surface area contributed by atoms with Crippen LogP contribution in [0.4, 0.5) is 0 Å². The van der Waals surface area contributed by atoms with Gasteiger partial charge in [-0.2, -0.15) is 0 Å². The molecular formula is C8H10O3. The molecule has 0 aromatic heterocycles. The van der Waals surface area contributed by atoms with Crippen molar-refractivity contribution in [1.82, 2.24) is 0 Å². The summed E-state index contributed by atoms with van der Waals surface area (Å²) in [6, 6.07) is 0. The third-order valence-corrected chi connectivity index (χ3v) is 2.95. The Hall–Kier alpha value is -0.570. The van der Waals surface area contributed by atoms with Crippen molar-refractivity contribution in [2.45, 2.75) is 37.6 Å². The standard InChI is InChI=1S/C8H10O3/c9-7-2-4-1-5-3-6(11-7)8(4)10-5/h4-6,8H,1-3H2/t4-,5+,6-,8-/m0/s1. The Morgan fingerprint density at radius 3 is 3.00 bits per heavy atom. The average Bonchev–Trinajstić information content (AvgIpc) is 2.41. The van der Waals surface area contributed by atoms with Crippen LogP contribution in [0, 0.1) is 5.92 Å². The smallest absolute Gasteiger partial charge is 0.306 e. The fourth-order valence-electron chi connectivity index (χ4n) is 2.54. The van der Waals surface area contributed by atoms with E-state index in [1.54, 1.807) is 0 Å². The summed E-state index contributed by atoms with van der Waals surface area (Å²) in [4.78, 5) is 11.0. The van der Waals surface area contributed by atoms with Crippen LogP contribution in [0.2, 0.25) is 0 Å². The molecule has 3 aliphatic heterocycles. The lowest BCUT2D eigenvalue weighted by Gasteiger charge is -2.30. The molecule has 0 N–H and O–H groups in total. The first-order valence-electron chi connectivity index (χ1n) is 4.18. The maximum atomic E-state index is 11.0. The topological polar surface area (TPSA) is 35.5 Å². The Balaban J connectivity index is 1.92. The van der Waals surface area contributed by atoms with Crippen molar-refractivity contribution in [3.63, 3.8) is 0 Å². The molecule has 4 atom stereocenters. The molecule has 0 aromatic carbocycles. The molecule has 3 saturated heterocycles. The summed E-state index contributed by atoms with van der Waals surface area (Å²) in [5, 5.41) is 0. The zero-order valence-electron chi connectivity index (χ0n) is 6.16. The highest BCUT2D eigenvalue weighted by Crippen LogP contribution is 2.44. The van der Waals surface area contributed by atoms with Gasteiger partial charge in [-0.15, -0.1) is 0 Å². The first kappa shape index (κ1) is 6.00. The van der Waals surface area contributed by atoms with Gasteiger partial charge in [-0.05, 0) is 6.42 Å². The molecule has 0 amide bonds. The van der Waals surface area contributed by atoms with Crippen molar-refractivity contribution in [2.24, 2.45) is 5.92 Å². The number of carbonyl (C=O) groups is 1. The van der Waals surface area contributed by atoms with E-state index in [0.29, 0.717) is 18.4 Å². The van der Waals surface area contributed by atoms with Crippen LogP contribution >= 0.6 is 0 Å². The minimum Gasteiger partial charge on any atom is -0.459 e. The predicted molar refractivity (Wildman–Crippen MR) is 35.9 cm³/mol. The van der Waals surface area contributed by atoms with Gasteiger partial charge in [-0.3, -0.25) is 4.79 Å². The number of ether oxygens (including phenoxy) is 2. The predicted octanol–water partition coefficient (Wildman–Crippen LogP) is 0.479. The van der Waals surface area contributed by atoms with Gasteiger partial charge in [-0.25, -0.2) is 0 Å². The number of hydrogen-bond donors (Lipinski definition) is 0. The molecule has 3 aliphatic rings. The van der Waals surface area contributed by atoms with E-state index in [1.807, 2.05) is 0 Å². The molecule has 3 heterocycles. The van der Waals surface area contributed by atoms with E-state index in [9.17, 15) is 4.79 Å². The van der Waals surface area contributed by atoms with Crippen LogP contribution in [-0.4, -0.2) is 24.3 Å². The molecule has 11 heavy (non-hydrogen) atoms. The quantitative estimate of drug-likeness (QED) is 0.476. The minimum absolute atomic E-state index is 0.0276. The van der Waals surface area contributed by atoms with Gasteiger partial charge in [0, 0.05) is 12.3 Å². The largest absolute Gasteiger partial charge is 0.459 e. The van der Waals surface area contributed by atoms with E-state index in [1.165, 1.54) is 0 Å². The molecule has 0 aromatic rings. The molecule has 3 fully saturated rings. The van der Waals surface area contributed by atoms with E-state index < -0.39 is 0 Å². The summed E-state index contributed by atoms with van der Waals surface area (Å²) >= 11 is 0. The highest BCUT2D eigenvalue weighted by Gasteiger charge is 2.52. The lowest BCUT2D eigenvalue weighted by molar-refractivity contribution is -0.162. The second kappa shape index (κ2) is 1.78. The van der Waals surface area contributed by atoms with Gasteiger partial charge in [0.15, 0.2) is 0 Å².